The molecule has 1 aromatic carbocycles. The lowest BCUT2D eigenvalue weighted by Crippen LogP contribution is -2.18. The molecule has 2 heterocycles. The van der Waals surface area contributed by atoms with Crippen LogP contribution in [0, 0.1) is 0 Å². The third-order valence-corrected chi connectivity index (χ3v) is 4.70. The number of fused-ring (bicyclic) bond motifs is 1. The van der Waals surface area contributed by atoms with Gasteiger partial charge in [-0.15, -0.1) is 0 Å². The van der Waals surface area contributed by atoms with Crippen molar-refractivity contribution in [1.82, 2.24) is 9.88 Å². The topological polar surface area (TPSA) is 17.0 Å². The van der Waals surface area contributed by atoms with Gasteiger partial charge >= 0.3 is 0 Å². The molecule has 20 heavy (non-hydrogen) atoms. The second kappa shape index (κ2) is 5.08. The summed E-state index contributed by atoms with van der Waals surface area (Å²) in [6.45, 7) is 1.95. The SMILES string of the molecule is c1ccc2c(c1)cc(CNC1CC1)n2Cc1ccsc1. The highest BCUT2D eigenvalue weighted by Gasteiger charge is 2.21. The van der Waals surface area contributed by atoms with E-state index in [1.165, 1.54) is 35.0 Å². The van der Waals surface area contributed by atoms with Crippen LogP contribution in [0.5, 0.6) is 0 Å². The fourth-order valence-corrected chi connectivity index (χ4v) is 3.36. The van der Waals surface area contributed by atoms with E-state index in [2.05, 4.69) is 57.0 Å². The minimum absolute atomic E-state index is 0.752. The number of para-hydroxylation sites is 1. The molecule has 1 aliphatic carbocycles. The van der Waals surface area contributed by atoms with Gasteiger partial charge in [0.25, 0.3) is 0 Å². The molecular formula is C17H18N2S. The molecule has 0 atom stereocenters. The Bertz CT molecular complexity index is 708. The lowest BCUT2D eigenvalue weighted by atomic mass is 10.2. The Morgan fingerprint density at radius 3 is 2.90 bits per heavy atom. The van der Waals surface area contributed by atoms with E-state index in [0.29, 0.717) is 0 Å². The number of benzene rings is 1. The monoisotopic (exact) mass is 282 g/mol. The van der Waals surface area contributed by atoms with E-state index in [4.69, 9.17) is 0 Å². The van der Waals surface area contributed by atoms with Crippen molar-refractivity contribution >= 4 is 22.2 Å². The largest absolute Gasteiger partial charge is 0.339 e. The van der Waals surface area contributed by atoms with Crippen LogP contribution >= 0.6 is 11.3 Å². The summed E-state index contributed by atoms with van der Waals surface area (Å²) in [6, 6.07) is 14.0. The maximum Gasteiger partial charge on any atom is 0.0487 e. The predicted molar refractivity (Wildman–Crippen MR) is 85.2 cm³/mol. The fourth-order valence-electron chi connectivity index (χ4n) is 2.70. The van der Waals surface area contributed by atoms with Crippen molar-refractivity contribution in [3.05, 3.63) is 58.4 Å². The molecule has 3 heteroatoms. The zero-order chi connectivity index (χ0) is 13.4. The number of nitrogens with one attached hydrogen (secondary N) is 1. The van der Waals surface area contributed by atoms with Crippen LogP contribution in [0.25, 0.3) is 10.9 Å². The Morgan fingerprint density at radius 1 is 1.20 bits per heavy atom. The molecule has 2 nitrogen and oxygen atoms in total. The lowest BCUT2D eigenvalue weighted by molar-refractivity contribution is 0.642. The molecule has 1 fully saturated rings. The van der Waals surface area contributed by atoms with Gasteiger partial charge < -0.3 is 9.88 Å². The highest BCUT2D eigenvalue weighted by Crippen LogP contribution is 2.24. The Balaban J connectivity index is 1.71. The lowest BCUT2D eigenvalue weighted by Gasteiger charge is -2.10. The molecular weight excluding hydrogens is 264 g/mol. The summed E-state index contributed by atoms with van der Waals surface area (Å²) in [5.74, 6) is 0. The summed E-state index contributed by atoms with van der Waals surface area (Å²) in [7, 11) is 0. The molecule has 3 aromatic rings. The summed E-state index contributed by atoms with van der Waals surface area (Å²) >= 11 is 1.77. The zero-order valence-electron chi connectivity index (χ0n) is 11.4. The molecule has 0 spiro atoms. The normalized spacial score (nSPS) is 15.0. The molecule has 2 aromatic heterocycles. The highest BCUT2D eigenvalue weighted by molar-refractivity contribution is 7.07. The van der Waals surface area contributed by atoms with Crippen molar-refractivity contribution < 1.29 is 0 Å². The van der Waals surface area contributed by atoms with Gasteiger partial charge in [-0.1, -0.05) is 18.2 Å². The smallest absolute Gasteiger partial charge is 0.0487 e. The van der Waals surface area contributed by atoms with Gasteiger partial charge in [0.1, 0.15) is 0 Å². The minimum atomic E-state index is 0.752. The van der Waals surface area contributed by atoms with E-state index in [0.717, 1.165) is 19.1 Å². The minimum Gasteiger partial charge on any atom is -0.339 e. The highest BCUT2D eigenvalue weighted by atomic mass is 32.1. The maximum absolute atomic E-state index is 3.64. The molecule has 0 saturated heterocycles. The molecule has 0 radical (unpaired) electrons. The number of aromatic nitrogens is 1. The first-order valence-corrected chi connectivity index (χ1v) is 8.16. The van der Waals surface area contributed by atoms with Gasteiger partial charge in [-0.3, -0.25) is 0 Å². The first-order chi connectivity index (χ1) is 9.90. The summed E-state index contributed by atoms with van der Waals surface area (Å²) < 4.78 is 2.45. The molecule has 0 aliphatic heterocycles. The third kappa shape index (κ3) is 2.39. The van der Waals surface area contributed by atoms with Gasteiger partial charge in [0.2, 0.25) is 0 Å². The summed E-state index contributed by atoms with van der Waals surface area (Å²) in [4.78, 5) is 0. The van der Waals surface area contributed by atoms with Crippen LogP contribution in [0.1, 0.15) is 24.1 Å². The van der Waals surface area contributed by atoms with Crippen LogP contribution in [-0.2, 0) is 13.1 Å². The molecule has 0 unspecified atom stereocenters. The van der Waals surface area contributed by atoms with Crippen molar-refractivity contribution in [1.29, 1.82) is 0 Å². The van der Waals surface area contributed by atoms with E-state index in [-0.39, 0.29) is 0 Å². The van der Waals surface area contributed by atoms with Crippen molar-refractivity contribution in [2.75, 3.05) is 0 Å². The van der Waals surface area contributed by atoms with Gasteiger partial charge in [-0.25, -0.2) is 0 Å². The summed E-state index contributed by atoms with van der Waals surface area (Å²) in [5, 5.41) is 9.38. The zero-order valence-corrected chi connectivity index (χ0v) is 12.2. The second-order valence-electron chi connectivity index (χ2n) is 5.57. The summed E-state index contributed by atoms with van der Waals surface area (Å²) in [5.41, 5.74) is 4.12. The first kappa shape index (κ1) is 12.2. The van der Waals surface area contributed by atoms with Crippen LogP contribution in [0.2, 0.25) is 0 Å². The van der Waals surface area contributed by atoms with E-state index in [1.54, 1.807) is 11.3 Å². The Hall–Kier alpha value is -1.58. The van der Waals surface area contributed by atoms with Crippen molar-refractivity contribution in [3.8, 4) is 0 Å². The van der Waals surface area contributed by atoms with Gasteiger partial charge in [-0.2, -0.15) is 11.3 Å². The Labute approximate surface area is 123 Å². The molecule has 1 aliphatic rings. The number of thiophene rings is 1. The predicted octanol–water partition coefficient (Wildman–Crippen LogP) is 4.00. The number of hydrogen-bond acceptors (Lipinski definition) is 2. The number of hydrogen-bond donors (Lipinski definition) is 1. The van der Waals surface area contributed by atoms with E-state index < -0.39 is 0 Å². The molecule has 0 amide bonds. The first-order valence-electron chi connectivity index (χ1n) is 7.22. The van der Waals surface area contributed by atoms with Gasteiger partial charge in [0.05, 0.1) is 0 Å². The number of nitrogens with zero attached hydrogens (tertiary/aromatic N) is 1. The molecule has 4 rings (SSSR count). The second-order valence-corrected chi connectivity index (χ2v) is 6.35. The van der Waals surface area contributed by atoms with Crippen LogP contribution in [0.4, 0.5) is 0 Å². The average molecular weight is 282 g/mol. The Kier molecular flexibility index (Phi) is 3.09. The van der Waals surface area contributed by atoms with E-state index >= 15 is 0 Å². The van der Waals surface area contributed by atoms with Crippen LogP contribution in [0.15, 0.2) is 47.2 Å². The average Bonchev–Trinajstić information content (AvgIpc) is 3.04. The van der Waals surface area contributed by atoms with Crippen LogP contribution < -0.4 is 5.32 Å². The fraction of sp³-hybridized carbons (Fsp3) is 0.294. The van der Waals surface area contributed by atoms with E-state index in [1.807, 2.05) is 0 Å². The Morgan fingerprint density at radius 2 is 2.10 bits per heavy atom. The third-order valence-electron chi connectivity index (χ3n) is 3.97. The maximum atomic E-state index is 3.64. The van der Waals surface area contributed by atoms with Crippen molar-refractivity contribution in [2.45, 2.75) is 32.0 Å². The van der Waals surface area contributed by atoms with Crippen molar-refractivity contribution in [3.63, 3.8) is 0 Å². The van der Waals surface area contributed by atoms with Crippen LogP contribution in [-0.4, -0.2) is 10.6 Å². The molecule has 1 N–H and O–H groups in total. The number of rotatable bonds is 5. The van der Waals surface area contributed by atoms with E-state index in [9.17, 15) is 0 Å². The van der Waals surface area contributed by atoms with Gasteiger partial charge in [-0.05, 0) is 52.8 Å². The molecule has 0 bridgehead atoms. The molecule has 1 saturated carbocycles. The standard InChI is InChI=1S/C17H18N2S/c1-2-4-17-14(3-1)9-16(10-18-15-5-6-15)19(17)11-13-7-8-20-12-13/h1-4,7-9,12,15,18H,5-6,10-11H2. The van der Waals surface area contributed by atoms with Crippen LogP contribution in [0.3, 0.4) is 0 Å². The van der Waals surface area contributed by atoms with Crippen molar-refractivity contribution in [2.24, 2.45) is 0 Å². The van der Waals surface area contributed by atoms with Gasteiger partial charge in [0, 0.05) is 30.3 Å². The molecule has 102 valence electrons. The van der Waals surface area contributed by atoms with Gasteiger partial charge in [0.15, 0.2) is 0 Å². The summed E-state index contributed by atoms with van der Waals surface area (Å²) in [6.07, 6.45) is 2.68. The quantitative estimate of drug-likeness (QED) is 0.748.